The number of aromatic carboxylic acids is 1. The normalized spacial score (nSPS) is 10.3. The Morgan fingerprint density at radius 3 is 2.40 bits per heavy atom. The molecule has 0 spiro atoms. The summed E-state index contributed by atoms with van der Waals surface area (Å²) in [7, 11) is 0. The molecule has 0 unspecified atom stereocenters. The molecule has 1 aromatic heterocycles. The minimum atomic E-state index is -1.19. The van der Waals surface area contributed by atoms with Crippen LogP contribution in [0.5, 0.6) is 0 Å². The number of aryl methyl sites for hydroxylation is 2. The quantitative estimate of drug-likeness (QED) is 0.893. The molecular weight excluding hydrogens is 256 g/mol. The van der Waals surface area contributed by atoms with Crippen LogP contribution in [0, 0.1) is 13.8 Å². The SMILES string of the molecule is Cc1ccc(-c2cccc(C(=O)O)c2C(N)=O)nc1C. The van der Waals surface area contributed by atoms with Gasteiger partial charge in [-0.25, -0.2) is 4.79 Å². The molecule has 5 heteroatoms. The Morgan fingerprint density at radius 2 is 1.85 bits per heavy atom. The first-order valence-electron chi connectivity index (χ1n) is 6.02. The molecule has 1 amide bonds. The monoisotopic (exact) mass is 270 g/mol. The first-order chi connectivity index (χ1) is 9.41. The smallest absolute Gasteiger partial charge is 0.336 e. The number of carboxylic acid groups (broad SMARTS) is 1. The molecule has 0 aliphatic carbocycles. The molecule has 102 valence electrons. The van der Waals surface area contributed by atoms with Gasteiger partial charge in [0, 0.05) is 11.3 Å². The maximum absolute atomic E-state index is 11.6. The predicted molar refractivity (Wildman–Crippen MR) is 74.6 cm³/mol. The summed E-state index contributed by atoms with van der Waals surface area (Å²) in [4.78, 5) is 27.2. The van der Waals surface area contributed by atoms with Crippen LogP contribution >= 0.6 is 0 Å². The van der Waals surface area contributed by atoms with Crippen LogP contribution in [0.2, 0.25) is 0 Å². The predicted octanol–water partition coefficient (Wildman–Crippen LogP) is 2.16. The van der Waals surface area contributed by atoms with E-state index in [1.165, 1.54) is 6.07 Å². The van der Waals surface area contributed by atoms with E-state index in [0.717, 1.165) is 11.3 Å². The number of carbonyl (C=O) groups excluding carboxylic acids is 1. The standard InChI is InChI=1S/C15H14N2O3/c1-8-6-7-12(17-9(8)2)10-4-3-5-11(15(19)20)13(10)14(16)18/h3-7H,1-2H3,(H2,16,18)(H,19,20). The fourth-order valence-electron chi connectivity index (χ4n) is 1.99. The number of pyridine rings is 1. The Hall–Kier alpha value is -2.69. The highest BCUT2D eigenvalue weighted by molar-refractivity contribution is 6.08. The Bertz CT molecular complexity index is 708. The van der Waals surface area contributed by atoms with E-state index in [0.29, 0.717) is 11.3 Å². The van der Waals surface area contributed by atoms with Crippen molar-refractivity contribution in [3.05, 3.63) is 52.7 Å². The average molecular weight is 270 g/mol. The number of primary amides is 1. The molecule has 2 aromatic rings. The molecular formula is C15H14N2O3. The zero-order chi connectivity index (χ0) is 14.9. The van der Waals surface area contributed by atoms with Gasteiger partial charge >= 0.3 is 5.97 Å². The van der Waals surface area contributed by atoms with Gasteiger partial charge in [0.05, 0.1) is 16.8 Å². The van der Waals surface area contributed by atoms with Crippen LogP contribution in [-0.2, 0) is 0 Å². The number of rotatable bonds is 3. The van der Waals surface area contributed by atoms with Gasteiger partial charge in [0.2, 0.25) is 5.91 Å². The van der Waals surface area contributed by atoms with Gasteiger partial charge in [-0.2, -0.15) is 0 Å². The van der Waals surface area contributed by atoms with Crippen LogP contribution < -0.4 is 5.73 Å². The van der Waals surface area contributed by atoms with Crippen LogP contribution in [0.1, 0.15) is 32.0 Å². The lowest BCUT2D eigenvalue weighted by Gasteiger charge is -2.10. The first-order valence-corrected chi connectivity index (χ1v) is 6.02. The average Bonchev–Trinajstić information content (AvgIpc) is 2.40. The van der Waals surface area contributed by atoms with Gasteiger partial charge in [0.15, 0.2) is 0 Å². The molecule has 2 rings (SSSR count). The van der Waals surface area contributed by atoms with Gasteiger partial charge in [-0.3, -0.25) is 9.78 Å². The summed E-state index contributed by atoms with van der Waals surface area (Å²) in [6, 6.07) is 8.18. The second kappa shape index (κ2) is 5.13. The highest BCUT2D eigenvalue weighted by Crippen LogP contribution is 2.25. The van der Waals surface area contributed by atoms with E-state index >= 15 is 0 Å². The van der Waals surface area contributed by atoms with E-state index in [1.807, 2.05) is 19.9 Å². The Kier molecular flexibility index (Phi) is 3.52. The second-order valence-electron chi connectivity index (χ2n) is 4.50. The topological polar surface area (TPSA) is 93.3 Å². The highest BCUT2D eigenvalue weighted by Gasteiger charge is 2.20. The fraction of sp³-hybridized carbons (Fsp3) is 0.133. The zero-order valence-corrected chi connectivity index (χ0v) is 11.2. The molecule has 0 bridgehead atoms. The van der Waals surface area contributed by atoms with Crippen molar-refractivity contribution in [2.75, 3.05) is 0 Å². The molecule has 0 atom stereocenters. The van der Waals surface area contributed by atoms with Gasteiger partial charge < -0.3 is 10.8 Å². The van der Waals surface area contributed by atoms with Crippen LogP contribution in [-0.4, -0.2) is 22.0 Å². The lowest BCUT2D eigenvalue weighted by molar-refractivity contribution is 0.0692. The van der Waals surface area contributed by atoms with Gasteiger partial charge in [0.25, 0.3) is 0 Å². The molecule has 3 N–H and O–H groups in total. The third kappa shape index (κ3) is 2.38. The number of hydrogen-bond acceptors (Lipinski definition) is 3. The van der Waals surface area contributed by atoms with E-state index in [9.17, 15) is 9.59 Å². The van der Waals surface area contributed by atoms with Crippen molar-refractivity contribution < 1.29 is 14.7 Å². The second-order valence-corrected chi connectivity index (χ2v) is 4.50. The number of carboxylic acids is 1. The first kappa shape index (κ1) is 13.7. The molecule has 0 aliphatic rings. The summed E-state index contributed by atoms with van der Waals surface area (Å²) in [5.41, 5.74) is 7.99. The third-order valence-corrected chi connectivity index (χ3v) is 3.17. The van der Waals surface area contributed by atoms with Crippen molar-refractivity contribution in [2.45, 2.75) is 13.8 Å². The summed E-state index contributed by atoms with van der Waals surface area (Å²) in [5.74, 6) is -1.97. The minimum absolute atomic E-state index is 0.0178. The summed E-state index contributed by atoms with van der Waals surface area (Å²) < 4.78 is 0. The van der Waals surface area contributed by atoms with E-state index in [1.54, 1.807) is 18.2 Å². The van der Waals surface area contributed by atoms with Crippen molar-refractivity contribution in [3.8, 4) is 11.3 Å². The number of amides is 1. The Balaban J connectivity index is 2.73. The number of hydrogen-bond donors (Lipinski definition) is 2. The number of nitrogens with two attached hydrogens (primary N) is 1. The van der Waals surface area contributed by atoms with Gasteiger partial charge in [0.1, 0.15) is 0 Å². The molecule has 0 radical (unpaired) electrons. The largest absolute Gasteiger partial charge is 0.478 e. The highest BCUT2D eigenvalue weighted by atomic mass is 16.4. The maximum Gasteiger partial charge on any atom is 0.336 e. The summed E-state index contributed by atoms with van der Waals surface area (Å²) in [6.07, 6.45) is 0. The Morgan fingerprint density at radius 1 is 1.15 bits per heavy atom. The lowest BCUT2D eigenvalue weighted by Crippen LogP contribution is -2.18. The molecule has 0 aliphatic heterocycles. The molecule has 0 fully saturated rings. The maximum atomic E-state index is 11.6. The van der Waals surface area contributed by atoms with Crippen LogP contribution in [0.25, 0.3) is 11.3 Å². The van der Waals surface area contributed by atoms with E-state index in [2.05, 4.69) is 4.98 Å². The van der Waals surface area contributed by atoms with Crippen molar-refractivity contribution in [1.82, 2.24) is 4.98 Å². The summed E-state index contributed by atoms with van der Waals surface area (Å²) in [5, 5.41) is 9.16. The van der Waals surface area contributed by atoms with Gasteiger partial charge in [-0.1, -0.05) is 18.2 Å². The molecule has 1 heterocycles. The van der Waals surface area contributed by atoms with Crippen LogP contribution in [0.3, 0.4) is 0 Å². The third-order valence-electron chi connectivity index (χ3n) is 3.17. The van der Waals surface area contributed by atoms with Gasteiger partial charge in [-0.15, -0.1) is 0 Å². The minimum Gasteiger partial charge on any atom is -0.478 e. The lowest BCUT2D eigenvalue weighted by atomic mass is 9.97. The van der Waals surface area contributed by atoms with E-state index in [-0.39, 0.29) is 11.1 Å². The number of carbonyl (C=O) groups is 2. The number of aromatic nitrogens is 1. The van der Waals surface area contributed by atoms with Crippen LogP contribution in [0.4, 0.5) is 0 Å². The Labute approximate surface area is 116 Å². The van der Waals surface area contributed by atoms with Crippen molar-refractivity contribution in [1.29, 1.82) is 0 Å². The fourth-order valence-corrected chi connectivity index (χ4v) is 1.99. The number of benzene rings is 1. The summed E-state index contributed by atoms with van der Waals surface area (Å²) in [6.45, 7) is 3.78. The van der Waals surface area contributed by atoms with Crippen molar-refractivity contribution in [3.63, 3.8) is 0 Å². The summed E-state index contributed by atoms with van der Waals surface area (Å²) >= 11 is 0. The number of nitrogens with zero attached hydrogens (tertiary/aromatic N) is 1. The van der Waals surface area contributed by atoms with Crippen molar-refractivity contribution >= 4 is 11.9 Å². The van der Waals surface area contributed by atoms with Crippen molar-refractivity contribution in [2.24, 2.45) is 5.73 Å². The molecule has 0 saturated carbocycles. The van der Waals surface area contributed by atoms with Gasteiger partial charge in [-0.05, 0) is 31.5 Å². The van der Waals surface area contributed by atoms with Crippen LogP contribution in [0.15, 0.2) is 30.3 Å². The van der Waals surface area contributed by atoms with E-state index < -0.39 is 11.9 Å². The molecule has 20 heavy (non-hydrogen) atoms. The zero-order valence-electron chi connectivity index (χ0n) is 11.2. The van der Waals surface area contributed by atoms with E-state index in [4.69, 9.17) is 10.8 Å². The molecule has 5 nitrogen and oxygen atoms in total. The molecule has 0 saturated heterocycles. The molecule has 1 aromatic carbocycles.